The predicted molar refractivity (Wildman–Crippen MR) is 108 cm³/mol. The molecule has 2 heterocycles. The highest BCUT2D eigenvalue weighted by Gasteiger charge is 2.16. The second-order valence-corrected chi connectivity index (χ2v) is 7.59. The summed E-state index contributed by atoms with van der Waals surface area (Å²) in [6.07, 6.45) is 0. The lowest BCUT2D eigenvalue weighted by molar-refractivity contribution is 0.391. The first-order chi connectivity index (χ1) is 13.0. The van der Waals surface area contributed by atoms with Crippen molar-refractivity contribution in [2.45, 2.75) is 24.8 Å². The van der Waals surface area contributed by atoms with Crippen LogP contribution in [-0.4, -0.2) is 14.7 Å². The largest absolute Gasteiger partial charge is 0.360 e. The number of fused-ring (bicyclic) bond motifs is 1. The molecular weight excluding hydrogens is 382 g/mol. The van der Waals surface area contributed by atoms with Gasteiger partial charge in [0.15, 0.2) is 5.16 Å². The van der Waals surface area contributed by atoms with Crippen LogP contribution in [0, 0.1) is 13.8 Å². The van der Waals surface area contributed by atoms with E-state index in [9.17, 15) is 4.79 Å². The quantitative estimate of drug-likeness (QED) is 0.360. The zero-order chi connectivity index (χ0) is 19.0. The molecule has 5 nitrogen and oxygen atoms in total. The van der Waals surface area contributed by atoms with Gasteiger partial charge in [0.05, 0.1) is 28.0 Å². The van der Waals surface area contributed by atoms with Crippen LogP contribution in [0.2, 0.25) is 5.02 Å². The molecule has 7 heteroatoms. The number of aryl methyl sites for hydroxylation is 2. The summed E-state index contributed by atoms with van der Waals surface area (Å²) in [7, 11) is 0. The number of para-hydroxylation sites is 1. The summed E-state index contributed by atoms with van der Waals surface area (Å²) >= 11 is 7.53. The first-order valence-corrected chi connectivity index (χ1v) is 9.72. The second kappa shape index (κ2) is 7.21. The molecule has 4 aromatic rings. The van der Waals surface area contributed by atoms with Crippen LogP contribution >= 0.6 is 23.4 Å². The fourth-order valence-electron chi connectivity index (χ4n) is 2.88. The third kappa shape index (κ3) is 3.50. The standard InChI is InChI=1S/C20H16ClN3O2S/c1-12-5-3-4-6-18(12)24-19(25)16-8-7-14(21)10-17(16)22-20(24)27-11-15-9-13(2)23-26-15/h3-10H,11H2,1-2H3. The Morgan fingerprint density at radius 3 is 2.70 bits per heavy atom. The number of halogens is 1. The Kier molecular flexibility index (Phi) is 4.76. The first kappa shape index (κ1) is 17.8. The van der Waals surface area contributed by atoms with Gasteiger partial charge in [-0.25, -0.2) is 4.98 Å². The Morgan fingerprint density at radius 2 is 1.96 bits per heavy atom. The smallest absolute Gasteiger partial charge is 0.266 e. The number of rotatable bonds is 4. The van der Waals surface area contributed by atoms with E-state index in [4.69, 9.17) is 21.1 Å². The van der Waals surface area contributed by atoms with Gasteiger partial charge in [0.1, 0.15) is 5.76 Å². The fraction of sp³-hybridized carbons (Fsp3) is 0.150. The van der Waals surface area contributed by atoms with E-state index < -0.39 is 0 Å². The summed E-state index contributed by atoms with van der Waals surface area (Å²) in [5.74, 6) is 1.25. The van der Waals surface area contributed by atoms with E-state index in [0.29, 0.717) is 26.8 Å². The molecule has 0 spiro atoms. The highest BCUT2D eigenvalue weighted by atomic mass is 35.5. The van der Waals surface area contributed by atoms with Gasteiger partial charge in [0.25, 0.3) is 5.56 Å². The van der Waals surface area contributed by atoms with Gasteiger partial charge in [-0.3, -0.25) is 9.36 Å². The first-order valence-electron chi connectivity index (χ1n) is 8.36. The number of hydrogen-bond acceptors (Lipinski definition) is 5. The summed E-state index contributed by atoms with van der Waals surface area (Å²) in [6, 6.07) is 14.8. The molecule has 0 bridgehead atoms. The van der Waals surface area contributed by atoms with E-state index in [0.717, 1.165) is 22.7 Å². The summed E-state index contributed by atoms with van der Waals surface area (Å²) in [5.41, 5.74) is 3.08. The van der Waals surface area contributed by atoms with Crippen LogP contribution in [0.25, 0.3) is 16.6 Å². The SMILES string of the molecule is Cc1cc(CSc2nc3cc(Cl)ccc3c(=O)n2-c2ccccc2C)on1. The van der Waals surface area contributed by atoms with Gasteiger partial charge in [-0.15, -0.1) is 0 Å². The maximum absolute atomic E-state index is 13.3. The predicted octanol–water partition coefficient (Wildman–Crippen LogP) is 4.94. The highest BCUT2D eigenvalue weighted by molar-refractivity contribution is 7.98. The van der Waals surface area contributed by atoms with Gasteiger partial charge in [0.2, 0.25) is 0 Å². The number of benzene rings is 2. The van der Waals surface area contributed by atoms with E-state index in [1.807, 2.05) is 44.2 Å². The fourth-order valence-corrected chi connectivity index (χ4v) is 3.93. The van der Waals surface area contributed by atoms with Crippen molar-refractivity contribution in [1.82, 2.24) is 14.7 Å². The maximum atomic E-state index is 13.3. The lowest BCUT2D eigenvalue weighted by Gasteiger charge is -2.14. The Hall–Kier alpha value is -2.57. The van der Waals surface area contributed by atoms with Gasteiger partial charge in [-0.05, 0) is 43.7 Å². The molecule has 0 atom stereocenters. The molecule has 136 valence electrons. The summed E-state index contributed by atoms with van der Waals surface area (Å²) in [5, 5.41) is 5.57. The van der Waals surface area contributed by atoms with E-state index in [1.165, 1.54) is 11.8 Å². The van der Waals surface area contributed by atoms with E-state index >= 15 is 0 Å². The molecule has 0 aliphatic heterocycles. The normalized spacial score (nSPS) is 11.2. The van der Waals surface area contributed by atoms with Crippen molar-refractivity contribution < 1.29 is 4.52 Å². The molecule has 0 amide bonds. The Morgan fingerprint density at radius 1 is 1.15 bits per heavy atom. The van der Waals surface area contributed by atoms with Crippen molar-refractivity contribution in [3.8, 4) is 5.69 Å². The zero-order valence-corrected chi connectivity index (χ0v) is 16.3. The van der Waals surface area contributed by atoms with Crippen LogP contribution in [-0.2, 0) is 5.75 Å². The van der Waals surface area contributed by atoms with Crippen molar-refractivity contribution in [1.29, 1.82) is 0 Å². The average molecular weight is 398 g/mol. The average Bonchev–Trinajstić information content (AvgIpc) is 3.06. The van der Waals surface area contributed by atoms with Crippen molar-refractivity contribution in [3.63, 3.8) is 0 Å². The number of thioether (sulfide) groups is 1. The number of aromatic nitrogens is 3. The topological polar surface area (TPSA) is 60.9 Å². The minimum Gasteiger partial charge on any atom is -0.360 e. The Balaban J connectivity index is 1.90. The van der Waals surface area contributed by atoms with Crippen LogP contribution in [0.4, 0.5) is 0 Å². The van der Waals surface area contributed by atoms with Crippen LogP contribution < -0.4 is 5.56 Å². The van der Waals surface area contributed by atoms with Crippen molar-refractivity contribution in [3.05, 3.63) is 80.9 Å². The highest BCUT2D eigenvalue weighted by Crippen LogP contribution is 2.27. The maximum Gasteiger partial charge on any atom is 0.266 e. The monoisotopic (exact) mass is 397 g/mol. The summed E-state index contributed by atoms with van der Waals surface area (Å²) in [4.78, 5) is 18.0. The lowest BCUT2D eigenvalue weighted by atomic mass is 10.2. The summed E-state index contributed by atoms with van der Waals surface area (Å²) in [6.45, 7) is 3.85. The molecule has 0 fully saturated rings. The molecule has 0 unspecified atom stereocenters. The second-order valence-electron chi connectivity index (χ2n) is 6.21. The third-order valence-electron chi connectivity index (χ3n) is 4.18. The lowest BCUT2D eigenvalue weighted by Crippen LogP contribution is -2.22. The minimum atomic E-state index is -0.123. The molecule has 0 radical (unpaired) electrons. The summed E-state index contributed by atoms with van der Waals surface area (Å²) < 4.78 is 6.94. The molecule has 27 heavy (non-hydrogen) atoms. The Labute approximate surface area is 165 Å². The molecule has 0 N–H and O–H groups in total. The minimum absolute atomic E-state index is 0.123. The molecule has 2 aromatic carbocycles. The Bertz CT molecular complexity index is 1200. The molecule has 2 aromatic heterocycles. The molecule has 0 aliphatic carbocycles. The molecule has 0 saturated heterocycles. The van der Waals surface area contributed by atoms with Crippen molar-refractivity contribution >= 4 is 34.3 Å². The third-order valence-corrected chi connectivity index (χ3v) is 5.37. The number of nitrogens with zero attached hydrogens (tertiary/aromatic N) is 3. The molecular formula is C20H16ClN3O2S. The zero-order valence-electron chi connectivity index (χ0n) is 14.8. The molecule has 4 rings (SSSR count). The van der Waals surface area contributed by atoms with Gasteiger partial charge < -0.3 is 4.52 Å². The van der Waals surface area contributed by atoms with E-state index in [1.54, 1.807) is 22.8 Å². The van der Waals surface area contributed by atoms with Gasteiger partial charge in [-0.2, -0.15) is 0 Å². The van der Waals surface area contributed by atoms with Crippen LogP contribution in [0.1, 0.15) is 17.0 Å². The number of hydrogen-bond donors (Lipinski definition) is 0. The van der Waals surface area contributed by atoms with Crippen LogP contribution in [0.15, 0.2) is 63.0 Å². The van der Waals surface area contributed by atoms with Crippen LogP contribution in [0.5, 0.6) is 0 Å². The van der Waals surface area contributed by atoms with Gasteiger partial charge >= 0.3 is 0 Å². The van der Waals surface area contributed by atoms with Gasteiger partial charge in [0, 0.05) is 11.1 Å². The van der Waals surface area contributed by atoms with Crippen molar-refractivity contribution in [2.24, 2.45) is 0 Å². The van der Waals surface area contributed by atoms with Crippen LogP contribution in [0.3, 0.4) is 0 Å². The van der Waals surface area contributed by atoms with E-state index in [2.05, 4.69) is 5.16 Å². The molecule has 0 saturated carbocycles. The molecule has 0 aliphatic rings. The van der Waals surface area contributed by atoms with Gasteiger partial charge in [-0.1, -0.05) is 46.7 Å². The van der Waals surface area contributed by atoms with E-state index in [-0.39, 0.29) is 5.56 Å². The van der Waals surface area contributed by atoms with Crippen molar-refractivity contribution in [2.75, 3.05) is 0 Å².